The molecule has 0 fully saturated rings. The lowest BCUT2D eigenvalue weighted by Gasteiger charge is -2.19. The van der Waals surface area contributed by atoms with Crippen LogP contribution in [-0.4, -0.2) is 16.3 Å². The normalized spacial score (nSPS) is 12.3. The quantitative estimate of drug-likeness (QED) is 0.860. The zero-order chi connectivity index (χ0) is 13.5. The fraction of sp³-hybridized carbons (Fsp3) is 0.333. The first-order chi connectivity index (χ1) is 9.31. The van der Waals surface area contributed by atoms with Gasteiger partial charge in [0.2, 0.25) is 0 Å². The number of nitrogens with one attached hydrogen (secondary N) is 1. The lowest BCUT2D eigenvalue weighted by molar-refractivity contribution is 0.426. The molecular weight excluding hydrogens is 238 g/mol. The van der Waals surface area contributed by atoms with E-state index in [4.69, 9.17) is 0 Å². The number of hydrogen-bond donors (Lipinski definition) is 1. The summed E-state index contributed by atoms with van der Waals surface area (Å²) in [6, 6.07) is 13.5. The smallest absolute Gasteiger partial charge is 0.266 e. The van der Waals surface area contributed by atoms with Gasteiger partial charge in [-0.3, -0.25) is 4.79 Å². The molecule has 0 spiro atoms. The van der Waals surface area contributed by atoms with Gasteiger partial charge in [0.05, 0.1) is 12.6 Å². The summed E-state index contributed by atoms with van der Waals surface area (Å²) in [6.07, 6.45) is 2.70. The summed E-state index contributed by atoms with van der Waals surface area (Å²) in [5.74, 6) is 0. The van der Waals surface area contributed by atoms with Gasteiger partial charge in [-0.2, -0.15) is 5.10 Å². The van der Waals surface area contributed by atoms with Crippen LogP contribution in [0.3, 0.4) is 0 Å². The number of rotatable bonds is 6. The van der Waals surface area contributed by atoms with Crippen LogP contribution in [0.2, 0.25) is 0 Å². The Morgan fingerprint density at radius 3 is 2.68 bits per heavy atom. The molecule has 2 aromatic rings. The fourth-order valence-corrected chi connectivity index (χ4v) is 1.99. The maximum Gasteiger partial charge on any atom is 0.266 e. The van der Waals surface area contributed by atoms with E-state index in [0.717, 1.165) is 13.0 Å². The van der Waals surface area contributed by atoms with Crippen molar-refractivity contribution in [2.45, 2.75) is 25.9 Å². The Labute approximate surface area is 113 Å². The molecule has 0 saturated carbocycles. The highest BCUT2D eigenvalue weighted by atomic mass is 16.1. The van der Waals surface area contributed by atoms with Crippen molar-refractivity contribution in [2.75, 3.05) is 6.54 Å². The van der Waals surface area contributed by atoms with Crippen molar-refractivity contribution in [3.05, 3.63) is 64.6 Å². The van der Waals surface area contributed by atoms with Gasteiger partial charge in [-0.05, 0) is 24.6 Å². The molecule has 0 saturated heterocycles. The fourth-order valence-electron chi connectivity index (χ4n) is 1.99. The van der Waals surface area contributed by atoms with Crippen LogP contribution < -0.4 is 10.9 Å². The minimum Gasteiger partial charge on any atom is -0.308 e. The van der Waals surface area contributed by atoms with E-state index in [-0.39, 0.29) is 11.6 Å². The first kappa shape index (κ1) is 13.5. The van der Waals surface area contributed by atoms with Crippen LogP contribution in [0, 0.1) is 0 Å². The van der Waals surface area contributed by atoms with Gasteiger partial charge >= 0.3 is 0 Å². The molecule has 0 aliphatic rings. The van der Waals surface area contributed by atoms with Crippen LogP contribution in [0.4, 0.5) is 0 Å². The molecule has 0 aliphatic heterocycles. The number of benzene rings is 1. The van der Waals surface area contributed by atoms with Gasteiger partial charge in [0.15, 0.2) is 0 Å². The van der Waals surface area contributed by atoms with Crippen LogP contribution in [0.15, 0.2) is 53.5 Å². The summed E-state index contributed by atoms with van der Waals surface area (Å²) < 4.78 is 1.50. The van der Waals surface area contributed by atoms with Crippen LogP contribution in [-0.2, 0) is 6.54 Å². The Balaban J connectivity index is 2.19. The summed E-state index contributed by atoms with van der Waals surface area (Å²) in [5.41, 5.74) is 1.11. The number of nitrogens with zero attached hydrogens (tertiary/aromatic N) is 2. The van der Waals surface area contributed by atoms with Gasteiger partial charge in [-0.25, -0.2) is 4.68 Å². The summed E-state index contributed by atoms with van der Waals surface area (Å²) in [4.78, 5) is 11.7. The SMILES string of the molecule is CCCNC(Cn1ncccc1=O)c1ccccc1. The van der Waals surface area contributed by atoms with Crippen LogP contribution in [0.5, 0.6) is 0 Å². The van der Waals surface area contributed by atoms with Crippen molar-refractivity contribution in [3.8, 4) is 0 Å². The van der Waals surface area contributed by atoms with Crippen LogP contribution in [0.1, 0.15) is 24.9 Å². The van der Waals surface area contributed by atoms with E-state index < -0.39 is 0 Å². The molecule has 19 heavy (non-hydrogen) atoms. The molecule has 2 rings (SSSR count). The lowest BCUT2D eigenvalue weighted by Crippen LogP contribution is -2.31. The van der Waals surface area contributed by atoms with E-state index in [0.29, 0.717) is 6.54 Å². The van der Waals surface area contributed by atoms with Crippen LogP contribution >= 0.6 is 0 Å². The molecule has 1 unspecified atom stereocenters. The monoisotopic (exact) mass is 257 g/mol. The van der Waals surface area contributed by atoms with Gasteiger partial charge in [0, 0.05) is 12.3 Å². The first-order valence-corrected chi connectivity index (χ1v) is 6.61. The maximum absolute atomic E-state index is 11.7. The molecule has 4 nitrogen and oxygen atoms in total. The maximum atomic E-state index is 11.7. The molecule has 1 aromatic carbocycles. The van der Waals surface area contributed by atoms with E-state index in [9.17, 15) is 4.79 Å². The topological polar surface area (TPSA) is 46.9 Å². The average Bonchev–Trinajstić information content (AvgIpc) is 2.46. The predicted octanol–water partition coefficient (Wildman–Crippen LogP) is 1.98. The average molecular weight is 257 g/mol. The highest BCUT2D eigenvalue weighted by molar-refractivity contribution is 5.18. The van der Waals surface area contributed by atoms with Crippen molar-refractivity contribution in [1.82, 2.24) is 15.1 Å². The molecule has 0 radical (unpaired) electrons. The summed E-state index contributed by atoms with van der Waals surface area (Å²) in [6.45, 7) is 3.59. The minimum atomic E-state index is -0.0678. The standard InChI is InChI=1S/C15H19N3O/c1-2-10-16-14(13-7-4-3-5-8-13)12-18-15(19)9-6-11-17-18/h3-9,11,14,16H,2,10,12H2,1H3. The number of aromatic nitrogens is 2. The van der Waals surface area contributed by atoms with Gasteiger partial charge in [0.25, 0.3) is 5.56 Å². The third-order valence-electron chi connectivity index (χ3n) is 2.98. The van der Waals surface area contributed by atoms with E-state index in [1.54, 1.807) is 12.3 Å². The number of hydrogen-bond acceptors (Lipinski definition) is 3. The molecular formula is C15H19N3O. The summed E-state index contributed by atoms with van der Waals surface area (Å²) >= 11 is 0. The van der Waals surface area contributed by atoms with E-state index in [1.807, 2.05) is 18.2 Å². The molecule has 4 heteroatoms. The molecule has 1 N–H and O–H groups in total. The Bertz CT molecular complexity index is 551. The van der Waals surface area contributed by atoms with Gasteiger partial charge in [0.1, 0.15) is 0 Å². The second-order valence-corrected chi connectivity index (χ2v) is 4.46. The van der Waals surface area contributed by atoms with E-state index >= 15 is 0 Å². The van der Waals surface area contributed by atoms with Crippen LogP contribution in [0.25, 0.3) is 0 Å². The zero-order valence-electron chi connectivity index (χ0n) is 11.1. The van der Waals surface area contributed by atoms with Crippen molar-refractivity contribution in [3.63, 3.8) is 0 Å². The Morgan fingerprint density at radius 1 is 1.21 bits per heavy atom. The summed E-state index contributed by atoms with van der Waals surface area (Å²) in [5, 5.41) is 7.58. The van der Waals surface area contributed by atoms with Crippen molar-refractivity contribution >= 4 is 0 Å². The Kier molecular flexibility index (Phi) is 4.86. The van der Waals surface area contributed by atoms with Gasteiger partial charge < -0.3 is 5.32 Å². The molecule has 0 bridgehead atoms. The molecule has 0 amide bonds. The van der Waals surface area contributed by atoms with E-state index in [2.05, 4.69) is 29.5 Å². The van der Waals surface area contributed by atoms with Gasteiger partial charge in [-0.1, -0.05) is 37.3 Å². The zero-order valence-corrected chi connectivity index (χ0v) is 11.1. The lowest BCUT2D eigenvalue weighted by atomic mass is 10.1. The van der Waals surface area contributed by atoms with Crippen molar-refractivity contribution < 1.29 is 0 Å². The molecule has 1 heterocycles. The highest BCUT2D eigenvalue weighted by Gasteiger charge is 2.12. The highest BCUT2D eigenvalue weighted by Crippen LogP contribution is 2.13. The second-order valence-electron chi connectivity index (χ2n) is 4.46. The molecule has 0 aliphatic carbocycles. The summed E-state index contributed by atoms with van der Waals surface area (Å²) in [7, 11) is 0. The van der Waals surface area contributed by atoms with Crippen molar-refractivity contribution in [2.24, 2.45) is 0 Å². The van der Waals surface area contributed by atoms with E-state index in [1.165, 1.54) is 16.3 Å². The van der Waals surface area contributed by atoms with Crippen molar-refractivity contribution in [1.29, 1.82) is 0 Å². The Morgan fingerprint density at radius 2 is 2.00 bits per heavy atom. The Hall–Kier alpha value is -1.94. The first-order valence-electron chi connectivity index (χ1n) is 6.61. The predicted molar refractivity (Wildman–Crippen MR) is 76.0 cm³/mol. The third kappa shape index (κ3) is 3.76. The minimum absolute atomic E-state index is 0.0678. The van der Waals surface area contributed by atoms with Gasteiger partial charge in [-0.15, -0.1) is 0 Å². The largest absolute Gasteiger partial charge is 0.308 e. The molecule has 1 aromatic heterocycles. The molecule has 100 valence electrons. The molecule has 1 atom stereocenters. The third-order valence-corrected chi connectivity index (χ3v) is 2.98. The second kappa shape index (κ2) is 6.85.